The Bertz CT molecular complexity index is 1280. The van der Waals surface area contributed by atoms with Gasteiger partial charge in [-0.25, -0.2) is 4.98 Å². The second-order valence-corrected chi connectivity index (χ2v) is 9.62. The number of phenolic OH excluding ortho intramolecular Hbond substituents is 1. The average molecular weight is 435 g/mol. The quantitative estimate of drug-likeness (QED) is 0.434. The van der Waals surface area contributed by atoms with E-state index in [1.807, 2.05) is 38.1 Å². The maximum absolute atomic E-state index is 13.7. The third kappa shape index (κ3) is 3.64. The van der Waals surface area contributed by atoms with Gasteiger partial charge in [0.25, 0.3) is 0 Å². The summed E-state index contributed by atoms with van der Waals surface area (Å²) in [7, 11) is 0. The van der Waals surface area contributed by atoms with Gasteiger partial charge >= 0.3 is 0 Å². The van der Waals surface area contributed by atoms with Crippen molar-refractivity contribution in [3.8, 4) is 16.3 Å². The SMILES string of the molecule is CC(C)c1oc2c(CN3CCCCC3)c(O)ccc2c(=O)c1-c1nc2ccccc2s1. The second-order valence-electron chi connectivity index (χ2n) is 8.59. The predicted molar refractivity (Wildman–Crippen MR) is 126 cm³/mol. The molecular weight excluding hydrogens is 408 g/mol. The number of piperidine rings is 1. The summed E-state index contributed by atoms with van der Waals surface area (Å²) in [4.78, 5) is 20.8. The number of para-hydroxylation sites is 1. The van der Waals surface area contributed by atoms with E-state index in [0.717, 1.165) is 36.1 Å². The highest BCUT2D eigenvalue weighted by molar-refractivity contribution is 7.21. The van der Waals surface area contributed by atoms with Crippen molar-refractivity contribution in [2.45, 2.75) is 45.6 Å². The van der Waals surface area contributed by atoms with Crippen molar-refractivity contribution in [3.05, 3.63) is 57.9 Å². The number of nitrogens with zero attached hydrogens (tertiary/aromatic N) is 2. The van der Waals surface area contributed by atoms with Gasteiger partial charge in [-0.15, -0.1) is 11.3 Å². The van der Waals surface area contributed by atoms with Crippen molar-refractivity contribution in [1.29, 1.82) is 0 Å². The summed E-state index contributed by atoms with van der Waals surface area (Å²) in [5, 5.41) is 11.8. The molecule has 2 aromatic heterocycles. The predicted octanol–water partition coefficient (Wildman–Crippen LogP) is 5.88. The Morgan fingerprint density at radius 2 is 1.90 bits per heavy atom. The van der Waals surface area contributed by atoms with Crippen molar-refractivity contribution in [2.75, 3.05) is 13.1 Å². The minimum absolute atomic E-state index is 0.00398. The van der Waals surface area contributed by atoms with Crippen LogP contribution < -0.4 is 5.43 Å². The summed E-state index contributed by atoms with van der Waals surface area (Å²) in [6.07, 6.45) is 3.57. The maximum Gasteiger partial charge on any atom is 0.203 e. The molecule has 4 aromatic rings. The lowest BCUT2D eigenvalue weighted by Crippen LogP contribution is -2.29. The number of hydrogen-bond donors (Lipinski definition) is 1. The lowest BCUT2D eigenvalue weighted by molar-refractivity contribution is 0.218. The van der Waals surface area contributed by atoms with Crippen molar-refractivity contribution in [1.82, 2.24) is 9.88 Å². The smallest absolute Gasteiger partial charge is 0.203 e. The Hall–Kier alpha value is -2.70. The van der Waals surface area contributed by atoms with E-state index in [1.165, 1.54) is 17.8 Å². The molecule has 0 aliphatic carbocycles. The highest BCUT2D eigenvalue weighted by Crippen LogP contribution is 2.37. The summed E-state index contributed by atoms with van der Waals surface area (Å²) in [5.74, 6) is 0.815. The molecule has 2 aromatic carbocycles. The van der Waals surface area contributed by atoms with Gasteiger partial charge in [0.2, 0.25) is 5.43 Å². The average Bonchev–Trinajstić information content (AvgIpc) is 3.20. The van der Waals surface area contributed by atoms with Gasteiger partial charge < -0.3 is 9.52 Å². The van der Waals surface area contributed by atoms with Gasteiger partial charge in [0.1, 0.15) is 22.1 Å². The van der Waals surface area contributed by atoms with Crippen LogP contribution in [0, 0.1) is 0 Å². The first kappa shape index (κ1) is 20.2. The third-order valence-electron chi connectivity index (χ3n) is 6.03. The van der Waals surface area contributed by atoms with Crippen LogP contribution >= 0.6 is 11.3 Å². The molecule has 0 radical (unpaired) electrons. The molecule has 1 N–H and O–H groups in total. The van der Waals surface area contributed by atoms with Crippen LogP contribution in [0.4, 0.5) is 0 Å². The fourth-order valence-electron chi connectivity index (χ4n) is 4.40. The van der Waals surface area contributed by atoms with Crippen LogP contribution in [-0.2, 0) is 6.54 Å². The molecule has 160 valence electrons. The second kappa shape index (κ2) is 8.09. The molecule has 0 saturated carbocycles. The summed E-state index contributed by atoms with van der Waals surface area (Å²) >= 11 is 1.51. The maximum atomic E-state index is 13.7. The molecule has 5 rings (SSSR count). The van der Waals surface area contributed by atoms with Gasteiger partial charge in [-0.2, -0.15) is 0 Å². The van der Waals surface area contributed by atoms with E-state index in [-0.39, 0.29) is 17.1 Å². The number of rotatable bonds is 4. The first-order valence-electron chi connectivity index (χ1n) is 10.9. The zero-order valence-corrected chi connectivity index (χ0v) is 18.7. The normalized spacial score (nSPS) is 15.3. The molecular formula is C25H26N2O3S. The molecule has 0 bridgehead atoms. The van der Waals surface area contributed by atoms with Crippen molar-refractivity contribution < 1.29 is 9.52 Å². The third-order valence-corrected chi connectivity index (χ3v) is 7.08. The lowest BCUT2D eigenvalue weighted by atomic mass is 10.0. The lowest BCUT2D eigenvalue weighted by Gasteiger charge is -2.27. The van der Waals surface area contributed by atoms with Gasteiger partial charge in [0, 0.05) is 12.5 Å². The number of thiazole rings is 1. The molecule has 1 aliphatic rings. The highest BCUT2D eigenvalue weighted by atomic mass is 32.1. The molecule has 0 amide bonds. The minimum atomic E-state index is -0.0797. The Morgan fingerprint density at radius 1 is 1.13 bits per heavy atom. The van der Waals surface area contributed by atoms with Crippen LogP contribution in [0.3, 0.4) is 0 Å². The standard InChI is InChI=1S/C25H26N2O3S/c1-15(2)23-21(25-26-18-8-4-5-9-20(18)31-25)22(29)16-10-11-19(28)17(24(16)30-23)14-27-12-6-3-7-13-27/h4-5,8-11,15,28H,3,6-7,12-14H2,1-2H3. The van der Waals surface area contributed by atoms with E-state index in [4.69, 9.17) is 9.40 Å². The molecule has 0 spiro atoms. The van der Waals surface area contributed by atoms with E-state index in [2.05, 4.69) is 4.90 Å². The zero-order chi connectivity index (χ0) is 21.5. The van der Waals surface area contributed by atoms with Crippen LogP contribution in [0.2, 0.25) is 0 Å². The zero-order valence-electron chi connectivity index (χ0n) is 17.9. The number of aromatic hydroxyl groups is 1. The van der Waals surface area contributed by atoms with Crippen LogP contribution in [-0.4, -0.2) is 28.1 Å². The van der Waals surface area contributed by atoms with Gasteiger partial charge in [0.05, 0.1) is 26.7 Å². The summed E-state index contributed by atoms with van der Waals surface area (Å²) in [5.41, 5.74) is 2.55. The molecule has 0 unspecified atom stereocenters. The highest BCUT2D eigenvalue weighted by Gasteiger charge is 2.24. The van der Waals surface area contributed by atoms with Crippen LogP contribution in [0.25, 0.3) is 31.8 Å². The van der Waals surface area contributed by atoms with Crippen LogP contribution in [0.5, 0.6) is 5.75 Å². The molecule has 3 heterocycles. The molecule has 31 heavy (non-hydrogen) atoms. The topological polar surface area (TPSA) is 66.6 Å². The van der Waals surface area contributed by atoms with Gasteiger partial charge in [0.15, 0.2) is 0 Å². The molecule has 1 fully saturated rings. The molecule has 6 heteroatoms. The summed E-state index contributed by atoms with van der Waals surface area (Å²) in [6.45, 7) is 6.63. The fraction of sp³-hybridized carbons (Fsp3) is 0.360. The van der Waals surface area contributed by atoms with Gasteiger partial charge in [-0.3, -0.25) is 9.69 Å². The van der Waals surface area contributed by atoms with E-state index >= 15 is 0 Å². The van der Waals surface area contributed by atoms with E-state index in [1.54, 1.807) is 12.1 Å². The van der Waals surface area contributed by atoms with Crippen LogP contribution in [0.15, 0.2) is 45.6 Å². The Labute approximate surface area is 185 Å². The first-order valence-corrected chi connectivity index (χ1v) is 11.7. The fourth-order valence-corrected chi connectivity index (χ4v) is 5.41. The number of benzene rings is 2. The monoisotopic (exact) mass is 434 g/mol. The van der Waals surface area contributed by atoms with E-state index in [9.17, 15) is 9.90 Å². The Balaban J connectivity index is 1.72. The summed E-state index contributed by atoms with van der Waals surface area (Å²) < 4.78 is 7.46. The first-order chi connectivity index (χ1) is 15.0. The molecule has 5 nitrogen and oxygen atoms in total. The van der Waals surface area contributed by atoms with Crippen molar-refractivity contribution in [2.24, 2.45) is 0 Å². The summed E-state index contributed by atoms with van der Waals surface area (Å²) in [6, 6.07) is 11.2. The van der Waals surface area contributed by atoms with Crippen molar-refractivity contribution >= 4 is 32.5 Å². The largest absolute Gasteiger partial charge is 0.507 e. The van der Waals surface area contributed by atoms with Gasteiger partial charge in [-0.1, -0.05) is 32.4 Å². The minimum Gasteiger partial charge on any atom is -0.507 e. The number of likely N-dealkylation sites (tertiary alicyclic amines) is 1. The number of phenols is 1. The van der Waals surface area contributed by atoms with E-state index < -0.39 is 0 Å². The molecule has 1 saturated heterocycles. The Morgan fingerprint density at radius 3 is 2.65 bits per heavy atom. The van der Waals surface area contributed by atoms with Crippen molar-refractivity contribution in [3.63, 3.8) is 0 Å². The van der Waals surface area contributed by atoms with Crippen LogP contribution in [0.1, 0.15) is 50.4 Å². The number of fused-ring (bicyclic) bond motifs is 2. The Kier molecular flexibility index (Phi) is 5.28. The molecule has 1 aliphatic heterocycles. The van der Waals surface area contributed by atoms with Gasteiger partial charge in [-0.05, 0) is 50.2 Å². The number of aromatic nitrogens is 1. The molecule has 0 atom stereocenters. The van der Waals surface area contributed by atoms with E-state index in [0.29, 0.717) is 39.4 Å². The number of hydrogen-bond acceptors (Lipinski definition) is 6.